The fourth-order valence-electron chi connectivity index (χ4n) is 2.52. The van der Waals surface area contributed by atoms with Crippen LogP contribution in [-0.4, -0.2) is 18.0 Å². The Bertz CT molecular complexity index is 808. The number of benzene rings is 2. The van der Waals surface area contributed by atoms with Crippen LogP contribution in [0.5, 0.6) is 5.75 Å². The summed E-state index contributed by atoms with van der Waals surface area (Å²) in [6.45, 7) is 0.595. The lowest BCUT2D eigenvalue weighted by molar-refractivity contribution is 0.112. The zero-order valence-electron chi connectivity index (χ0n) is 11.5. The first kappa shape index (κ1) is 13.7. The van der Waals surface area contributed by atoms with E-state index in [0.29, 0.717) is 17.1 Å². The van der Waals surface area contributed by atoms with Crippen LogP contribution < -0.4 is 4.74 Å². The highest BCUT2D eigenvalue weighted by Crippen LogP contribution is 2.27. The molecule has 1 heterocycles. The molecule has 3 aromatic rings. The summed E-state index contributed by atoms with van der Waals surface area (Å²) in [5.74, 6) is 0.759. The lowest BCUT2D eigenvalue weighted by atomic mass is 10.1. The second-order valence-electron chi connectivity index (χ2n) is 4.81. The van der Waals surface area contributed by atoms with Gasteiger partial charge in [-0.25, -0.2) is 0 Å². The van der Waals surface area contributed by atoms with Crippen LogP contribution in [0.2, 0.25) is 5.02 Å². The van der Waals surface area contributed by atoms with Crippen molar-refractivity contribution in [1.82, 2.24) is 4.57 Å². The van der Waals surface area contributed by atoms with E-state index in [0.717, 1.165) is 28.5 Å². The first-order chi connectivity index (χ1) is 10.2. The second-order valence-corrected chi connectivity index (χ2v) is 5.22. The van der Waals surface area contributed by atoms with Gasteiger partial charge in [0.15, 0.2) is 0 Å². The maximum atomic E-state index is 11.0. The highest BCUT2D eigenvalue weighted by molar-refractivity contribution is 6.35. The van der Waals surface area contributed by atoms with Crippen molar-refractivity contribution in [1.29, 1.82) is 0 Å². The molecule has 1 aromatic heterocycles. The second kappa shape index (κ2) is 5.62. The quantitative estimate of drug-likeness (QED) is 0.677. The molecular formula is C17H14ClNO2. The third-order valence-electron chi connectivity index (χ3n) is 3.52. The predicted molar refractivity (Wildman–Crippen MR) is 84.4 cm³/mol. The molecule has 4 heteroatoms. The zero-order chi connectivity index (χ0) is 14.8. The molecule has 2 aromatic carbocycles. The van der Waals surface area contributed by atoms with Crippen LogP contribution in [-0.2, 0) is 6.54 Å². The van der Waals surface area contributed by atoms with Crippen LogP contribution >= 0.6 is 11.6 Å². The largest absolute Gasteiger partial charge is 0.496 e. The third kappa shape index (κ3) is 2.52. The van der Waals surface area contributed by atoms with Crippen LogP contribution in [0, 0.1) is 0 Å². The number of methoxy groups -OCH3 is 1. The number of nitrogens with zero attached hydrogens (tertiary/aromatic N) is 1. The number of halogens is 1. The Morgan fingerprint density at radius 3 is 2.86 bits per heavy atom. The Morgan fingerprint density at radius 1 is 1.24 bits per heavy atom. The fraction of sp³-hybridized carbons (Fsp3) is 0.118. The summed E-state index contributed by atoms with van der Waals surface area (Å²) in [4.78, 5) is 11.0. The van der Waals surface area contributed by atoms with E-state index >= 15 is 0 Å². The molecule has 0 aliphatic rings. The molecular weight excluding hydrogens is 286 g/mol. The number of carbonyl (C=O) groups is 1. The van der Waals surface area contributed by atoms with Gasteiger partial charge in [-0.05, 0) is 30.3 Å². The topological polar surface area (TPSA) is 31.2 Å². The maximum absolute atomic E-state index is 11.0. The zero-order valence-corrected chi connectivity index (χ0v) is 12.3. The Morgan fingerprint density at radius 2 is 2.10 bits per heavy atom. The minimum Gasteiger partial charge on any atom is -0.496 e. The van der Waals surface area contributed by atoms with Gasteiger partial charge in [-0.15, -0.1) is 0 Å². The van der Waals surface area contributed by atoms with E-state index in [1.54, 1.807) is 13.2 Å². The molecule has 0 unspecified atom stereocenters. The SMILES string of the molecule is COc1ccc(C=O)cc1Cn1ccc2cccc(Cl)c21. The van der Waals surface area contributed by atoms with Gasteiger partial charge >= 0.3 is 0 Å². The summed E-state index contributed by atoms with van der Waals surface area (Å²) in [6.07, 6.45) is 2.83. The number of hydrogen-bond donors (Lipinski definition) is 0. The Labute approximate surface area is 127 Å². The van der Waals surface area contributed by atoms with Crippen molar-refractivity contribution in [3.05, 3.63) is 64.8 Å². The maximum Gasteiger partial charge on any atom is 0.150 e. The number of carbonyl (C=O) groups excluding carboxylic acids is 1. The molecule has 0 saturated heterocycles. The van der Waals surface area contributed by atoms with Crippen molar-refractivity contribution in [2.75, 3.05) is 7.11 Å². The molecule has 0 spiro atoms. The fourth-order valence-corrected chi connectivity index (χ4v) is 2.82. The van der Waals surface area contributed by atoms with E-state index in [1.165, 1.54) is 0 Å². The summed E-state index contributed by atoms with van der Waals surface area (Å²) in [5.41, 5.74) is 2.56. The number of rotatable bonds is 4. The summed E-state index contributed by atoms with van der Waals surface area (Å²) in [7, 11) is 1.63. The molecule has 0 fully saturated rings. The van der Waals surface area contributed by atoms with Crippen molar-refractivity contribution in [2.24, 2.45) is 0 Å². The Hall–Kier alpha value is -2.26. The van der Waals surface area contributed by atoms with Crippen molar-refractivity contribution in [2.45, 2.75) is 6.54 Å². The standard InChI is InChI=1S/C17H14ClNO2/c1-21-16-6-5-12(11-20)9-14(16)10-19-8-7-13-3-2-4-15(18)17(13)19/h2-9,11H,10H2,1H3. The number of fused-ring (bicyclic) bond motifs is 1. The molecule has 0 atom stereocenters. The van der Waals surface area contributed by atoms with E-state index < -0.39 is 0 Å². The average Bonchev–Trinajstić information content (AvgIpc) is 2.91. The normalized spacial score (nSPS) is 10.8. The predicted octanol–water partition coefficient (Wildman–Crippen LogP) is 4.16. The van der Waals surface area contributed by atoms with Gasteiger partial charge in [-0.3, -0.25) is 4.79 Å². The molecule has 0 bridgehead atoms. The van der Waals surface area contributed by atoms with Crippen LogP contribution in [0.3, 0.4) is 0 Å². The van der Waals surface area contributed by atoms with Gasteiger partial charge in [0.05, 0.1) is 24.2 Å². The molecule has 106 valence electrons. The third-order valence-corrected chi connectivity index (χ3v) is 3.83. The number of para-hydroxylation sites is 1. The molecule has 0 N–H and O–H groups in total. The van der Waals surface area contributed by atoms with Gasteiger partial charge in [0.1, 0.15) is 12.0 Å². The molecule has 0 aliphatic heterocycles. The highest BCUT2D eigenvalue weighted by Gasteiger charge is 2.09. The smallest absolute Gasteiger partial charge is 0.150 e. The number of ether oxygens (including phenoxy) is 1. The summed E-state index contributed by atoms with van der Waals surface area (Å²) in [6, 6.07) is 13.3. The van der Waals surface area contributed by atoms with Crippen molar-refractivity contribution in [3.63, 3.8) is 0 Å². The number of aldehydes is 1. The van der Waals surface area contributed by atoms with Crippen LogP contribution in [0.4, 0.5) is 0 Å². The van der Waals surface area contributed by atoms with Gasteiger partial charge in [0, 0.05) is 22.7 Å². The van der Waals surface area contributed by atoms with Gasteiger partial charge in [-0.1, -0.05) is 23.7 Å². The van der Waals surface area contributed by atoms with E-state index in [4.69, 9.17) is 16.3 Å². The van der Waals surface area contributed by atoms with Crippen molar-refractivity contribution >= 4 is 28.8 Å². The number of hydrogen-bond acceptors (Lipinski definition) is 2. The molecule has 0 amide bonds. The molecule has 3 rings (SSSR count). The first-order valence-corrected chi connectivity index (χ1v) is 6.96. The van der Waals surface area contributed by atoms with E-state index in [1.807, 2.05) is 42.6 Å². The van der Waals surface area contributed by atoms with E-state index in [-0.39, 0.29) is 0 Å². The lowest BCUT2D eigenvalue weighted by Crippen LogP contribution is -2.02. The Balaban J connectivity index is 2.08. The van der Waals surface area contributed by atoms with E-state index in [9.17, 15) is 4.79 Å². The van der Waals surface area contributed by atoms with Crippen molar-refractivity contribution in [3.8, 4) is 5.75 Å². The molecule has 0 saturated carbocycles. The summed E-state index contributed by atoms with van der Waals surface area (Å²) in [5, 5.41) is 1.80. The minimum atomic E-state index is 0.595. The van der Waals surface area contributed by atoms with Gasteiger partial charge in [-0.2, -0.15) is 0 Å². The summed E-state index contributed by atoms with van der Waals surface area (Å²) < 4.78 is 7.43. The number of aromatic nitrogens is 1. The lowest BCUT2D eigenvalue weighted by Gasteiger charge is -2.11. The highest BCUT2D eigenvalue weighted by atomic mass is 35.5. The van der Waals surface area contributed by atoms with Crippen LogP contribution in [0.25, 0.3) is 10.9 Å². The molecule has 0 aliphatic carbocycles. The summed E-state index contributed by atoms with van der Waals surface area (Å²) >= 11 is 6.29. The average molecular weight is 300 g/mol. The monoisotopic (exact) mass is 299 g/mol. The van der Waals surface area contributed by atoms with Gasteiger partial charge in [0.25, 0.3) is 0 Å². The molecule has 0 radical (unpaired) electrons. The van der Waals surface area contributed by atoms with Crippen LogP contribution in [0.15, 0.2) is 48.7 Å². The first-order valence-electron chi connectivity index (χ1n) is 6.58. The Kier molecular flexibility index (Phi) is 3.67. The van der Waals surface area contributed by atoms with Gasteiger partial charge in [0.2, 0.25) is 0 Å². The van der Waals surface area contributed by atoms with Gasteiger partial charge < -0.3 is 9.30 Å². The molecule has 21 heavy (non-hydrogen) atoms. The van der Waals surface area contributed by atoms with Crippen molar-refractivity contribution < 1.29 is 9.53 Å². The van der Waals surface area contributed by atoms with Crippen LogP contribution in [0.1, 0.15) is 15.9 Å². The minimum absolute atomic E-state index is 0.595. The van der Waals surface area contributed by atoms with E-state index in [2.05, 4.69) is 4.57 Å². The molecule has 3 nitrogen and oxygen atoms in total.